The molecule has 15 heavy (non-hydrogen) atoms. The van der Waals surface area contributed by atoms with Crippen LogP contribution in [0.1, 0.15) is 18.7 Å². The predicted octanol–water partition coefficient (Wildman–Crippen LogP) is 5.31. The van der Waals surface area contributed by atoms with Crippen molar-refractivity contribution in [1.82, 2.24) is 0 Å². The van der Waals surface area contributed by atoms with Crippen LogP contribution in [-0.2, 0) is 5.75 Å². The van der Waals surface area contributed by atoms with Crippen LogP contribution in [0.2, 0.25) is 0 Å². The van der Waals surface area contributed by atoms with Crippen molar-refractivity contribution < 1.29 is 0 Å². The Morgan fingerprint density at radius 2 is 2.13 bits per heavy atom. The second-order valence-electron chi connectivity index (χ2n) is 3.75. The Kier molecular flexibility index (Phi) is 3.75. The summed E-state index contributed by atoms with van der Waals surface area (Å²) in [5.74, 6) is 1.13. The average Bonchev–Trinajstić information content (AvgIpc) is 2.56. The van der Waals surface area contributed by atoms with Gasteiger partial charge in [-0.2, -0.15) is 11.8 Å². The lowest BCUT2D eigenvalue weighted by atomic mass is 10.2. The molecule has 1 aromatic carbocycles. The zero-order chi connectivity index (χ0) is 10.8. The number of hydrogen-bond donors (Lipinski definition) is 0. The number of halogens is 1. The summed E-state index contributed by atoms with van der Waals surface area (Å²) in [5, 5.41) is 2.07. The molecule has 0 radical (unpaired) electrons. The number of hydrogen-bond acceptors (Lipinski definition) is 2. The Morgan fingerprint density at radius 1 is 1.33 bits per heavy atom. The molecule has 80 valence electrons. The maximum atomic E-state index is 3.50. The fraction of sp³-hybridized carbons (Fsp3) is 0.333. The second kappa shape index (κ2) is 4.89. The Morgan fingerprint density at radius 3 is 2.87 bits per heavy atom. The van der Waals surface area contributed by atoms with E-state index in [0.29, 0.717) is 5.25 Å². The number of fused-ring (bicyclic) bond motifs is 1. The molecule has 0 atom stereocenters. The normalized spacial score (nSPS) is 11.5. The summed E-state index contributed by atoms with van der Waals surface area (Å²) in [6.07, 6.45) is 0. The average molecular weight is 301 g/mol. The van der Waals surface area contributed by atoms with Crippen LogP contribution in [0.15, 0.2) is 28.7 Å². The van der Waals surface area contributed by atoms with Crippen molar-refractivity contribution in [2.24, 2.45) is 0 Å². The standard InChI is InChI=1S/C12H13BrS2/c1-8(2)14-7-11-6-9-5-10(13)3-4-12(9)15-11/h3-6,8H,7H2,1-2H3. The van der Waals surface area contributed by atoms with Gasteiger partial charge in [-0.1, -0.05) is 29.8 Å². The first-order chi connectivity index (χ1) is 7.15. The number of thiophene rings is 1. The smallest absolute Gasteiger partial charge is 0.0346 e. The Bertz CT molecular complexity index is 460. The van der Waals surface area contributed by atoms with E-state index < -0.39 is 0 Å². The predicted molar refractivity (Wildman–Crippen MR) is 76.0 cm³/mol. The monoisotopic (exact) mass is 300 g/mol. The van der Waals surface area contributed by atoms with E-state index in [9.17, 15) is 0 Å². The van der Waals surface area contributed by atoms with Crippen LogP contribution >= 0.6 is 39.0 Å². The maximum Gasteiger partial charge on any atom is 0.0346 e. The van der Waals surface area contributed by atoms with Gasteiger partial charge < -0.3 is 0 Å². The van der Waals surface area contributed by atoms with Crippen molar-refractivity contribution >= 4 is 49.1 Å². The molecule has 0 unspecified atom stereocenters. The molecule has 0 N–H and O–H groups in total. The maximum absolute atomic E-state index is 3.50. The van der Waals surface area contributed by atoms with Crippen molar-refractivity contribution in [3.63, 3.8) is 0 Å². The highest BCUT2D eigenvalue weighted by atomic mass is 79.9. The number of rotatable bonds is 3. The van der Waals surface area contributed by atoms with Crippen molar-refractivity contribution in [1.29, 1.82) is 0 Å². The van der Waals surface area contributed by atoms with Crippen LogP contribution in [0, 0.1) is 0 Å². The minimum Gasteiger partial charge on any atom is -0.154 e. The summed E-state index contributed by atoms with van der Waals surface area (Å²) in [6, 6.07) is 8.79. The molecule has 0 saturated heterocycles. The lowest BCUT2D eigenvalue weighted by Crippen LogP contribution is -1.85. The van der Waals surface area contributed by atoms with Gasteiger partial charge in [0.2, 0.25) is 0 Å². The first kappa shape index (κ1) is 11.5. The molecule has 0 amide bonds. The molecule has 1 heterocycles. The highest BCUT2D eigenvalue weighted by Crippen LogP contribution is 2.31. The van der Waals surface area contributed by atoms with Crippen molar-refractivity contribution in [2.75, 3.05) is 0 Å². The van der Waals surface area contributed by atoms with E-state index in [2.05, 4.69) is 54.0 Å². The Hall–Kier alpha value is 0.01000. The molecule has 0 aliphatic heterocycles. The van der Waals surface area contributed by atoms with Gasteiger partial charge in [-0.05, 0) is 34.9 Å². The van der Waals surface area contributed by atoms with E-state index in [0.717, 1.165) is 10.2 Å². The van der Waals surface area contributed by atoms with Crippen LogP contribution in [0.5, 0.6) is 0 Å². The first-order valence-electron chi connectivity index (χ1n) is 4.95. The van der Waals surface area contributed by atoms with Crippen LogP contribution in [0.3, 0.4) is 0 Å². The van der Waals surface area contributed by atoms with Gasteiger partial charge in [0.05, 0.1) is 0 Å². The van der Waals surface area contributed by atoms with Gasteiger partial charge >= 0.3 is 0 Å². The van der Waals surface area contributed by atoms with Gasteiger partial charge in [-0.15, -0.1) is 11.3 Å². The van der Waals surface area contributed by atoms with Crippen LogP contribution < -0.4 is 0 Å². The summed E-state index contributed by atoms with van der Waals surface area (Å²) in [5.41, 5.74) is 0. The number of benzene rings is 1. The largest absolute Gasteiger partial charge is 0.154 e. The Labute approximate surface area is 107 Å². The van der Waals surface area contributed by atoms with E-state index in [4.69, 9.17) is 0 Å². The van der Waals surface area contributed by atoms with E-state index in [-0.39, 0.29) is 0 Å². The third kappa shape index (κ3) is 2.99. The van der Waals surface area contributed by atoms with Gasteiger partial charge in [0.1, 0.15) is 0 Å². The zero-order valence-electron chi connectivity index (χ0n) is 8.79. The SMILES string of the molecule is CC(C)SCc1cc2cc(Br)ccc2s1. The molecule has 0 nitrogen and oxygen atoms in total. The van der Waals surface area contributed by atoms with Crippen LogP contribution in [-0.4, -0.2) is 5.25 Å². The van der Waals surface area contributed by atoms with Gasteiger partial charge in [-0.25, -0.2) is 0 Å². The molecule has 0 spiro atoms. The summed E-state index contributed by atoms with van der Waals surface area (Å²) < 4.78 is 2.55. The summed E-state index contributed by atoms with van der Waals surface area (Å²) in [7, 11) is 0. The molecular formula is C12H13BrS2. The fourth-order valence-corrected chi connectivity index (χ4v) is 3.63. The highest BCUT2D eigenvalue weighted by molar-refractivity contribution is 9.10. The topological polar surface area (TPSA) is 0 Å². The summed E-state index contributed by atoms with van der Waals surface area (Å²) in [4.78, 5) is 1.47. The van der Waals surface area contributed by atoms with Gasteiger partial charge in [-0.3, -0.25) is 0 Å². The third-order valence-corrected chi connectivity index (χ3v) is 5.02. The highest BCUT2D eigenvalue weighted by Gasteiger charge is 2.03. The summed E-state index contributed by atoms with van der Waals surface area (Å²) in [6.45, 7) is 4.49. The lowest BCUT2D eigenvalue weighted by molar-refractivity contribution is 1.11. The van der Waals surface area contributed by atoms with Crippen molar-refractivity contribution in [2.45, 2.75) is 24.9 Å². The minimum atomic E-state index is 0.710. The molecule has 2 rings (SSSR count). The fourth-order valence-electron chi connectivity index (χ4n) is 1.39. The first-order valence-corrected chi connectivity index (χ1v) is 7.60. The third-order valence-electron chi connectivity index (χ3n) is 2.09. The summed E-state index contributed by atoms with van der Waals surface area (Å²) >= 11 is 7.41. The van der Waals surface area contributed by atoms with Crippen LogP contribution in [0.25, 0.3) is 10.1 Å². The van der Waals surface area contributed by atoms with E-state index in [1.54, 1.807) is 0 Å². The quantitative estimate of drug-likeness (QED) is 0.740. The van der Waals surface area contributed by atoms with E-state index in [1.807, 2.05) is 23.1 Å². The molecule has 0 aliphatic carbocycles. The van der Waals surface area contributed by atoms with Gasteiger partial charge in [0, 0.05) is 19.8 Å². The second-order valence-corrected chi connectivity index (χ2v) is 7.40. The van der Waals surface area contributed by atoms with E-state index >= 15 is 0 Å². The molecule has 2 aromatic rings. The number of thioether (sulfide) groups is 1. The molecule has 0 fully saturated rings. The minimum absolute atomic E-state index is 0.710. The van der Waals surface area contributed by atoms with Gasteiger partial charge in [0.25, 0.3) is 0 Å². The van der Waals surface area contributed by atoms with E-state index in [1.165, 1.54) is 15.0 Å². The van der Waals surface area contributed by atoms with Crippen molar-refractivity contribution in [3.05, 3.63) is 33.6 Å². The lowest BCUT2D eigenvalue weighted by Gasteiger charge is -2.00. The molecule has 0 saturated carbocycles. The molecule has 0 bridgehead atoms. The molecule has 0 aliphatic rings. The molecule has 3 heteroatoms. The molecule has 1 aromatic heterocycles. The Balaban J connectivity index is 2.23. The zero-order valence-corrected chi connectivity index (χ0v) is 12.0. The molecular weight excluding hydrogens is 288 g/mol. The van der Waals surface area contributed by atoms with Gasteiger partial charge in [0.15, 0.2) is 0 Å². The van der Waals surface area contributed by atoms with Crippen LogP contribution in [0.4, 0.5) is 0 Å². The van der Waals surface area contributed by atoms with Crippen molar-refractivity contribution in [3.8, 4) is 0 Å².